The predicted molar refractivity (Wildman–Crippen MR) is 70.3 cm³/mol. The van der Waals surface area contributed by atoms with Crippen molar-refractivity contribution in [3.05, 3.63) is 21.9 Å². The van der Waals surface area contributed by atoms with Gasteiger partial charge in [0.15, 0.2) is 6.29 Å². The first-order valence-corrected chi connectivity index (χ1v) is 7.22. The van der Waals surface area contributed by atoms with Crippen LogP contribution in [0.2, 0.25) is 0 Å². The van der Waals surface area contributed by atoms with Gasteiger partial charge in [-0.1, -0.05) is 0 Å². The maximum Gasteiger partial charge on any atom is 0.170 e. The average Bonchev–Trinajstić information content (AvgIpc) is 2.77. The molecule has 0 radical (unpaired) electrons. The number of hydrogen-bond acceptors (Lipinski definition) is 4. The largest absolute Gasteiger partial charge is 0.352 e. The summed E-state index contributed by atoms with van der Waals surface area (Å²) in [7, 11) is 0. The Balaban J connectivity index is 1.87. The van der Waals surface area contributed by atoms with Crippen molar-refractivity contribution in [2.24, 2.45) is 0 Å². The minimum absolute atomic E-state index is 0.0773. The number of hydrogen-bond donors (Lipinski definition) is 0. The van der Waals surface area contributed by atoms with Crippen molar-refractivity contribution in [3.8, 4) is 0 Å². The van der Waals surface area contributed by atoms with E-state index in [1.54, 1.807) is 0 Å². The van der Waals surface area contributed by atoms with E-state index in [2.05, 4.69) is 16.3 Å². The highest BCUT2D eigenvalue weighted by Gasteiger charge is 2.20. The molecule has 0 atom stereocenters. The van der Waals surface area contributed by atoms with Gasteiger partial charge in [0, 0.05) is 37.7 Å². The van der Waals surface area contributed by atoms with Gasteiger partial charge < -0.3 is 9.47 Å². The molecule has 0 aliphatic carbocycles. The second kappa shape index (κ2) is 6.50. The van der Waals surface area contributed by atoms with Crippen molar-refractivity contribution in [2.45, 2.75) is 33.1 Å². The minimum atomic E-state index is -0.0773. The standard InChI is InChI=1S/C13H21NO2S/c1-3-15-13(16-4-2)10-14-7-5-11-6-8-17-12(11)9-14/h6,8,13H,3-5,7,9-10H2,1-2H3. The molecule has 1 aliphatic rings. The second-order valence-corrected chi connectivity index (χ2v) is 5.20. The van der Waals surface area contributed by atoms with E-state index in [9.17, 15) is 0 Å². The highest BCUT2D eigenvalue weighted by molar-refractivity contribution is 7.10. The topological polar surface area (TPSA) is 21.7 Å². The van der Waals surface area contributed by atoms with Gasteiger partial charge in [-0.2, -0.15) is 0 Å². The zero-order chi connectivity index (χ0) is 12.1. The first kappa shape index (κ1) is 13.0. The predicted octanol–water partition coefficient (Wildman–Crippen LogP) is 2.51. The molecular formula is C13H21NO2S. The summed E-state index contributed by atoms with van der Waals surface area (Å²) in [5, 5.41) is 2.19. The zero-order valence-electron chi connectivity index (χ0n) is 10.6. The molecule has 0 fully saturated rings. The van der Waals surface area contributed by atoms with Gasteiger partial charge in [-0.25, -0.2) is 0 Å². The molecule has 2 rings (SSSR count). The van der Waals surface area contributed by atoms with Gasteiger partial charge in [-0.15, -0.1) is 11.3 Å². The van der Waals surface area contributed by atoms with E-state index in [4.69, 9.17) is 9.47 Å². The van der Waals surface area contributed by atoms with E-state index in [1.165, 1.54) is 10.4 Å². The van der Waals surface area contributed by atoms with Crippen LogP contribution in [-0.2, 0) is 22.4 Å². The quantitative estimate of drug-likeness (QED) is 0.729. The molecule has 0 N–H and O–H groups in total. The van der Waals surface area contributed by atoms with E-state index in [-0.39, 0.29) is 6.29 Å². The fraction of sp³-hybridized carbons (Fsp3) is 0.692. The van der Waals surface area contributed by atoms with Gasteiger partial charge in [0.1, 0.15) is 0 Å². The summed E-state index contributed by atoms with van der Waals surface area (Å²) in [6, 6.07) is 2.25. The lowest BCUT2D eigenvalue weighted by Gasteiger charge is -2.30. The molecule has 4 heteroatoms. The number of rotatable bonds is 6. The Morgan fingerprint density at radius 2 is 2.12 bits per heavy atom. The van der Waals surface area contributed by atoms with E-state index < -0.39 is 0 Å². The third-order valence-electron chi connectivity index (χ3n) is 3.01. The highest BCUT2D eigenvalue weighted by Crippen LogP contribution is 2.24. The summed E-state index contributed by atoms with van der Waals surface area (Å²) in [5.74, 6) is 0. The summed E-state index contributed by atoms with van der Waals surface area (Å²) in [6.45, 7) is 8.48. The van der Waals surface area contributed by atoms with E-state index >= 15 is 0 Å². The minimum Gasteiger partial charge on any atom is -0.352 e. The zero-order valence-corrected chi connectivity index (χ0v) is 11.5. The van der Waals surface area contributed by atoms with Crippen molar-refractivity contribution < 1.29 is 9.47 Å². The van der Waals surface area contributed by atoms with Crippen LogP contribution >= 0.6 is 11.3 Å². The number of thiophene rings is 1. The maximum absolute atomic E-state index is 5.59. The van der Waals surface area contributed by atoms with Crippen molar-refractivity contribution in [3.63, 3.8) is 0 Å². The first-order chi connectivity index (χ1) is 8.33. The molecule has 1 aromatic rings. The van der Waals surface area contributed by atoms with Crippen LogP contribution in [0.25, 0.3) is 0 Å². The molecule has 0 spiro atoms. The monoisotopic (exact) mass is 255 g/mol. The summed E-state index contributed by atoms with van der Waals surface area (Å²) in [6.07, 6.45) is 1.08. The summed E-state index contributed by atoms with van der Waals surface area (Å²) in [5.41, 5.74) is 1.52. The molecule has 1 aromatic heterocycles. The van der Waals surface area contributed by atoms with Gasteiger partial charge in [-0.05, 0) is 37.3 Å². The molecule has 17 heavy (non-hydrogen) atoms. The van der Waals surface area contributed by atoms with Gasteiger partial charge in [0.05, 0.1) is 0 Å². The third-order valence-corrected chi connectivity index (χ3v) is 3.96. The van der Waals surface area contributed by atoms with Crippen LogP contribution in [0.3, 0.4) is 0 Å². The number of ether oxygens (including phenoxy) is 2. The van der Waals surface area contributed by atoms with Crippen molar-refractivity contribution in [1.29, 1.82) is 0 Å². The number of fused-ring (bicyclic) bond motifs is 1. The molecule has 0 bridgehead atoms. The summed E-state index contributed by atoms with van der Waals surface area (Å²) < 4.78 is 11.2. The molecule has 1 aliphatic heterocycles. The average molecular weight is 255 g/mol. The Hall–Kier alpha value is -0.420. The lowest BCUT2D eigenvalue weighted by Crippen LogP contribution is -2.38. The molecule has 0 saturated heterocycles. The van der Waals surface area contributed by atoms with Crippen molar-refractivity contribution >= 4 is 11.3 Å². The van der Waals surface area contributed by atoms with E-state index in [1.807, 2.05) is 25.2 Å². The second-order valence-electron chi connectivity index (χ2n) is 4.19. The van der Waals surface area contributed by atoms with Crippen LogP contribution in [0.15, 0.2) is 11.4 Å². The van der Waals surface area contributed by atoms with Crippen LogP contribution in [0.1, 0.15) is 24.3 Å². The molecule has 2 heterocycles. The molecule has 0 unspecified atom stereocenters. The normalized spacial score (nSPS) is 16.4. The Morgan fingerprint density at radius 3 is 2.82 bits per heavy atom. The van der Waals surface area contributed by atoms with E-state index in [0.29, 0.717) is 13.2 Å². The summed E-state index contributed by atoms with van der Waals surface area (Å²) in [4.78, 5) is 3.93. The van der Waals surface area contributed by atoms with Gasteiger partial charge in [0.25, 0.3) is 0 Å². The highest BCUT2D eigenvalue weighted by atomic mass is 32.1. The van der Waals surface area contributed by atoms with E-state index in [0.717, 1.165) is 26.1 Å². The third kappa shape index (κ3) is 3.52. The van der Waals surface area contributed by atoms with Crippen LogP contribution in [0.4, 0.5) is 0 Å². The molecule has 0 saturated carbocycles. The summed E-state index contributed by atoms with van der Waals surface area (Å²) >= 11 is 1.86. The maximum atomic E-state index is 5.59. The Kier molecular flexibility index (Phi) is 4.98. The fourth-order valence-electron chi connectivity index (χ4n) is 2.18. The molecule has 96 valence electrons. The first-order valence-electron chi connectivity index (χ1n) is 6.34. The lowest BCUT2D eigenvalue weighted by molar-refractivity contribution is -0.148. The molecule has 0 amide bonds. The van der Waals surface area contributed by atoms with Crippen LogP contribution in [-0.4, -0.2) is 37.5 Å². The molecule has 3 nitrogen and oxygen atoms in total. The SMILES string of the molecule is CCOC(CN1CCc2ccsc2C1)OCC. The van der Waals surface area contributed by atoms with Crippen molar-refractivity contribution in [2.75, 3.05) is 26.3 Å². The van der Waals surface area contributed by atoms with Crippen molar-refractivity contribution in [1.82, 2.24) is 4.90 Å². The number of nitrogens with zero attached hydrogens (tertiary/aromatic N) is 1. The van der Waals surface area contributed by atoms with Gasteiger partial charge >= 0.3 is 0 Å². The van der Waals surface area contributed by atoms with Crippen LogP contribution in [0.5, 0.6) is 0 Å². The molecular weight excluding hydrogens is 234 g/mol. The Bertz CT molecular complexity index is 334. The van der Waals surface area contributed by atoms with Gasteiger partial charge in [0.2, 0.25) is 0 Å². The smallest absolute Gasteiger partial charge is 0.170 e. The van der Waals surface area contributed by atoms with Gasteiger partial charge in [-0.3, -0.25) is 4.90 Å². The molecule has 0 aromatic carbocycles. The lowest BCUT2D eigenvalue weighted by atomic mass is 10.1. The van der Waals surface area contributed by atoms with Crippen LogP contribution < -0.4 is 0 Å². The fourth-order valence-corrected chi connectivity index (χ4v) is 3.16. The Labute approximate surface area is 107 Å². The van der Waals surface area contributed by atoms with Crippen LogP contribution in [0, 0.1) is 0 Å². The Morgan fingerprint density at radius 1 is 1.35 bits per heavy atom.